The van der Waals surface area contributed by atoms with E-state index in [0.717, 1.165) is 24.7 Å². The van der Waals surface area contributed by atoms with Gasteiger partial charge in [-0.3, -0.25) is 9.59 Å². The number of rotatable bonds is 8. The second-order valence-corrected chi connectivity index (χ2v) is 10.9. The third kappa shape index (κ3) is 6.53. The Kier molecular flexibility index (Phi) is 9.48. The van der Waals surface area contributed by atoms with Crippen LogP contribution in [0.3, 0.4) is 0 Å². The van der Waals surface area contributed by atoms with Gasteiger partial charge >= 0.3 is 5.97 Å². The van der Waals surface area contributed by atoms with Crippen LogP contribution >= 0.6 is 11.6 Å². The first-order chi connectivity index (χ1) is 20.5. The molecule has 2 amide bonds. The topological polar surface area (TPSA) is 112 Å². The van der Waals surface area contributed by atoms with E-state index >= 15 is 8.78 Å². The second kappa shape index (κ2) is 12.9. The number of methoxy groups -OCH3 is 1. The fourth-order valence-corrected chi connectivity index (χ4v) is 5.38. The number of carbonyl (C=O) groups is 3. The third-order valence-corrected chi connectivity index (χ3v) is 8.18. The molecule has 1 aliphatic heterocycles. The van der Waals surface area contributed by atoms with Gasteiger partial charge in [0.25, 0.3) is 11.8 Å². The third-order valence-electron chi connectivity index (χ3n) is 7.85. The molecule has 0 bridgehead atoms. The van der Waals surface area contributed by atoms with Crippen LogP contribution in [0.5, 0.6) is 0 Å². The van der Waals surface area contributed by atoms with Gasteiger partial charge in [-0.25, -0.2) is 13.6 Å². The van der Waals surface area contributed by atoms with Crippen LogP contribution in [0.1, 0.15) is 53.0 Å². The maximum absolute atomic E-state index is 15.1. The van der Waals surface area contributed by atoms with Gasteiger partial charge in [-0.1, -0.05) is 36.7 Å². The zero-order chi connectivity index (χ0) is 31.4. The number of hydrogen-bond acceptors (Lipinski definition) is 6. The summed E-state index contributed by atoms with van der Waals surface area (Å²) in [5.74, 6) is -4.30. The van der Waals surface area contributed by atoms with Crippen molar-refractivity contribution in [1.29, 1.82) is 5.26 Å². The van der Waals surface area contributed by atoms with Gasteiger partial charge in [0.15, 0.2) is 0 Å². The van der Waals surface area contributed by atoms with Crippen molar-refractivity contribution >= 4 is 29.4 Å². The monoisotopic (exact) mass is 608 g/mol. The Balaban J connectivity index is 1.65. The molecule has 1 fully saturated rings. The van der Waals surface area contributed by atoms with Crippen LogP contribution in [0.2, 0.25) is 5.02 Å². The number of ether oxygens (including phenoxy) is 1. The SMILES string of the molecule is CCN1CCC(C#N)(NC(=O)[C@@](C)(NC(=O)c2ccc(-c3cc(C(=O)OC)ccc3Cl)cc2)c2c(F)cccc2F)CC1. The highest BCUT2D eigenvalue weighted by Gasteiger charge is 2.46. The summed E-state index contributed by atoms with van der Waals surface area (Å²) in [4.78, 5) is 41.4. The fraction of sp³-hybridized carbons (Fsp3) is 0.312. The summed E-state index contributed by atoms with van der Waals surface area (Å²) in [6.45, 7) is 5.10. The lowest BCUT2D eigenvalue weighted by molar-refractivity contribution is -0.129. The Morgan fingerprint density at radius 1 is 1.05 bits per heavy atom. The number of piperidine rings is 1. The number of hydrogen-bond donors (Lipinski definition) is 2. The summed E-state index contributed by atoms with van der Waals surface area (Å²) in [5.41, 5.74) is -2.65. The van der Waals surface area contributed by atoms with E-state index < -0.39 is 46.1 Å². The van der Waals surface area contributed by atoms with E-state index in [1.165, 1.54) is 32.2 Å². The van der Waals surface area contributed by atoms with Gasteiger partial charge in [-0.05, 0) is 74.3 Å². The Hall–Kier alpha value is -4.33. The molecule has 3 aromatic carbocycles. The van der Waals surface area contributed by atoms with Gasteiger partial charge in [0.1, 0.15) is 22.7 Å². The van der Waals surface area contributed by atoms with Crippen LogP contribution in [-0.2, 0) is 15.1 Å². The Bertz CT molecular complexity index is 1560. The lowest BCUT2D eigenvalue weighted by atomic mass is 9.84. The predicted octanol–water partition coefficient (Wildman–Crippen LogP) is 5.21. The molecule has 11 heteroatoms. The second-order valence-electron chi connectivity index (χ2n) is 10.5. The summed E-state index contributed by atoms with van der Waals surface area (Å²) in [7, 11) is 1.26. The average molecular weight is 609 g/mol. The van der Waals surface area contributed by atoms with Crippen LogP contribution in [-0.4, -0.2) is 55.0 Å². The Morgan fingerprint density at radius 3 is 2.21 bits per heavy atom. The number of halogens is 3. The van der Waals surface area contributed by atoms with Gasteiger partial charge in [0.05, 0.1) is 24.3 Å². The molecule has 0 aliphatic carbocycles. The van der Waals surface area contributed by atoms with E-state index in [4.69, 9.17) is 16.3 Å². The number of amides is 2. The molecule has 2 N–H and O–H groups in total. The van der Waals surface area contributed by atoms with Crippen molar-refractivity contribution in [3.8, 4) is 17.2 Å². The van der Waals surface area contributed by atoms with E-state index in [-0.39, 0.29) is 11.1 Å². The number of nitriles is 1. The van der Waals surface area contributed by atoms with Gasteiger partial charge < -0.3 is 20.3 Å². The Morgan fingerprint density at radius 2 is 1.65 bits per heavy atom. The molecule has 0 unspecified atom stereocenters. The average Bonchev–Trinajstić information content (AvgIpc) is 3.01. The van der Waals surface area contributed by atoms with Crippen LogP contribution < -0.4 is 10.6 Å². The predicted molar refractivity (Wildman–Crippen MR) is 157 cm³/mol. The first-order valence-electron chi connectivity index (χ1n) is 13.7. The van der Waals surface area contributed by atoms with E-state index in [9.17, 15) is 19.6 Å². The number of esters is 1. The van der Waals surface area contributed by atoms with Crippen molar-refractivity contribution in [1.82, 2.24) is 15.5 Å². The van der Waals surface area contributed by atoms with Crippen molar-refractivity contribution < 1.29 is 27.9 Å². The van der Waals surface area contributed by atoms with Crippen molar-refractivity contribution in [3.63, 3.8) is 0 Å². The van der Waals surface area contributed by atoms with Crippen LogP contribution in [0.25, 0.3) is 11.1 Å². The largest absolute Gasteiger partial charge is 0.465 e. The van der Waals surface area contributed by atoms with Gasteiger partial charge in [0.2, 0.25) is 0 Å². The molecule has 43 heavy (non-hydrogen) atoms. The standard InChI is InChI=1S/C32H31ClF2N4O4/c1-4-39-16-14-32(19-36,15-17-39)38-30(42)31(2,27-25(34)6-5-7-26(27)35)37-28(40)21-10-8-20(9-11-21)23-18-22(29(41)43-3)12-13-24(23)33/h5-13,18H,4,14-17H2,1-3H3,(H,37,40)(H,38,42)/t31-/m0/s1. The Labute approximate surface area is 253 Å². The molecule has 1 aliphatic rings. The molecule has 0 saturated carbocycles. The molecule has 224 valence electrons. The van der Waals surface area contributed by atoms with E-state index in [1.54, 1.807) is 24.3 Å². The van der Waals surface area contributed by atoms with E-state index in [1.807, 2.05) is 6.92 Å². The normalized spacial score (nSPS) is 15.9. The minimum absolute atomic E-state index is 0.0889. The molecule has 0 spiro atoms. The minimum atomic E-state index is -2.21. The smallest absolute Gasteiger partial charge is 0.337 e. The van der Waals surface area contributed by atoms with Crippen molar-refractivity contribution in [2.75, 3.05) is 26.7 Å². The number of nitrogens with zero attached hydrogens (tertiary/aromatic N) is 2. The minimum Gasteiger partial charge on any atom is -0.465 e. The number of nitrogens with one attached hydrogen (secondary N) is 2. The van der Waals surface area contributed by atoms with E-state index in [2.05, 4.69) is 21.6 Å². The molecule has 1 heterocycles. The fourth-order valence-electron chi connectivity index (χ4n) is 5.16. The van der Waals surface area contributed by atoms with Gasteiger partial charge in [0, 0.05) is 29.2 Å². The summed E-state index contributed by atoms with van der Waals surface area (Å²) in [5, 5.41) is 15.6. The van der Waals surface area contributed by atoms with Crippen LogP contribution in [0, 0.1) is 23.0 Å². The summed E-state index contributed by atoms with van der Waals surface area (Å²) in [6, 6.07) is 16.0. The number of likely N-dealkylation sites (tertiary alicyclic amines) is 1. The van der Waals surface area contributed by atoms with Crippen LogP contribution in [0.4, 0.5) is 8.78 Å². The number of carbonyl (C=O) groups excluding carboxylic acids is 3. The van der Waals surface area contributed by atoms with Crippen molar-refractivity contribution in [2.24, 2.45) is 0 Å². The zero-order valence-corrected chi connectivity index (χ0v) is 24.7. The molecule has 0 radical (unpaired) electrons. The molecule has 4 rings (SSSR count). The van der Waals surface area contributed by atoms with Gasteiger partial charge in [-0.2, -0.15) is 5.26 Å². The molecule has 1 atom stereocenters. The lowest BCUT2D eigenvalue weighted by Gasteiger charge is -2.40. The highest BCUT2D eigenvalue weighted by atomic mass is 35.5. The zero-order valence-electron chi connectivity index (χ0n) is 24.0. The summed E-state index contributed by atoms with van der Waals surface area (Å²) >= 11 is 6.35. The van der Waals surface area contributed by atoms with Crippen LogP contribution in [0.15, 0.2) is 60.7 Å². The lowest BCUT2D eigenvalue weighted by Crippen LogP contribution is -2.62. The quantitative estimate of drug-likeness (QED) is 0.340. The van der Waals surface area contributed by atoms with E-state index in [0.29, 0.717) is 42.1 Å². The highest BCUT2D eigenvalue weighted by Crippen LogP contribution is 2.32. The molecule has 0 aromatic heterocycles. The first kappa shape index (κ1) is 31.6. The molecule has 3 aromatic rings. The van der Waals surface area contributed by atoms with Gasteiger partial charge in [-0.15, -0.1) is 0 Å². The maximum atomic E-state index is 15.1. The number of benzene rings is 3. The molecule has 1 saturated heterocycles. The molecular formula is C32H31ClF2N4O4. The first-order valence-corrected chi connectivity index (χ1v) is 14.1. The maximum Gasteiger partial charge on any atom is 0.337 e. The van der Waals surface area contributed by atoms with Crippen molar-refractivity contribution in [2.45, 2.75) is 37.8 Å². The summed E-state index contributed by atoms with van der Waals surface area (Å²) < 4.78 is 35.0. The summed E-state index contributed by atoms with van der Waals surface area (Å²) in [6.07, 6.45) is 0.627. The van der Waals surface area contributed by atoms with Crippen molar-refractivity contribution in [3.05, 3.63) is 94.0 Å². The molecule has 8 nitrogen and oxygen atoms in total. The highest BCUT2D eigenvalue weighted by molar-refractivity contribution is 6.33. The molecular weight excluding hydrogens is 578 g/mol.